The fourth-order valence-electron chi connectivity index (χ4n) is 1.57. The Balaban J connectivity index is 2.43. The van der Waals surface area contributed by atoms with Gasteiger partial charge in [0, 0.05) is 23.5 Å². The summed E-state index contributed by atoms with van der Waals surface area (Å²) in [5.41, 5.74) is 7.09. The third-order valence-electron chi connectivity index (χ3n) is 2.52. The van der Waals surface area contributed by atoms with Crippen molar-refractivity contribution in [3.8, 4) is 0 Å². The summed E-state index contributed by atoms with van der Waals surface area (Å²) in [5.74, 6) is -3.21. The molecular formula is C13H11F3N2. The summed E-state index contributed by atoms with van der Waals surface area (Å²) in [4.78, 5) is 0. The van der Waals surface area contributed by atoms with Crippen molar-refractivity contribution in [2.24, 2.45) is 0 Å². The quantitative estimate of drug-likeness (QED) is 0.631. The summed E-state index contributed by atoms with van der Waals surface area (Å²) in [7, 11) is 0. The predicted octanol–water partition coefficient (Wildman–Crippen LogP) is 3.74. The number of halogens is 3. The van der Waals surface area contributed by atoms with Crippen LogP contribution in [-0.2, 0) is 0 Å². The first-order valence-corrected chi connectivity index (χ1v) is 5.25. The number of aryl methyl sites for hydroxylation is 1. The Morgan fingerprint density at radius 1 is 1.00 bits per heavy atom. The molecule has 94 valence electrons. The second-order valence-corrected chi connectivity index (χ2v) is 3.95. The maximum atomic E-state index is 13.5. The lowest BCUT2D eigenvalue weighted by atomic mass is 10.1. The molecule has 0 radical (unpaired) electrons. The zero-order chi connectivity index (χ0) is 13.3. The second kappa shape index (κ2) is 4.60. The summed E-state index contributed by atoms with van der Waals surface area (Å²) in [6.07, 6.45) is 0. The summed E-state index contributed by atoms with van der Waals surface area (Å²) in [6.45, 7) is 1.77. The molecule has 0 amide bonds. The number of hydrogen-bond donors (Lipinski definition) is 2. The van der Waals surface area contributed by atoms with Gasteiger partial charge < -0.3 is 11.1 Å². The van der Waals surface area contributed by atoms with E-state index in [1.54, 1.807) is 25.1 Å². The highest BCUT2D eigenvalue weighted by molar-refractivity contribution is 5.67. The average molecular weight is 252 g/mol. The molecule has 0 saturated carbocycles. The molecule has 0 atom stereocenters. The first-order valence-electron chi connectivity index (χ1n) is 5.25. The van der Waals surface area contributed by atoms with Gasteiger partial charge in [0.1, 0.15) is 5.82 Å². The maximum Gasteiger partial charge on any atom is 0.182 e. The summed E-state index contributed by atoms with van der Waals surface area (Å²) < 4.78 is 39.5. The van der Waals surface area contributed by atoms with Crippen LogP contribution >= 0.6 is 0 Å². The van der Waals surface area contributed by atoms with Crippen molar-refractivity contribution < 1.29 is 13.2 Å². The molecule has 0 fully saturated rings. The van der Waals surface area contributed by atoms with E-state index in [2.05, 4.69) is 5.32 Å². The van der Waals surface area contributed by atoms with Crippen molar-refractivity contribution in [2.75, 3.05) is 11.1 Å². The van der Waals surface area contributed by atoms with Gasteiger partial charge in [-0.05, 0) is 24.6 Å². The van der Waals surface area contributed by atoms with E-state index in [9.17, 15) is 13.2 Å². The van der Waals surface area contributed by atoms with Gasteiger partial charge in [-0.25, -0.2) is 13.2 Å². The summed E-state index contributed by atoms with van der Waals surface area (Å²) in [5, 5.41) is 2.63. The van der Waals surface area contributed by atoms with E-state index in [1.165, 1.54) is 0 Å². The standard InChI is InChI=1S/C13H11F3N2/c1-7-2-3-9(17)6-11(7)18-12-5-8(14)4-10(15)13(12)16/h2-6,18H,17H2,1H3. The van der Waals surface area contributed by atoms with Crippen LogP contribution in [0.1, 0.15) is 5.56 Å². The Hall–Kier alpha value is -2.17. The highest BCUT2D eigenvalue weighted by atomic mass is 19.2. The lowest BCUT2D eigenvalue weighted by Gasteiger charge is -2.11. The molecule has 2 rings (SSSR count). The molecular weight excluding hydrogens is 241 g/mol. The van der Waals surface area contributed by atoms with Crippen LogP contribution in [0.4, 0.5) is 30.2 Å². The Bertz CT molecular complexity index is 597. The fourth-order valence-corrected chi connectivity index (χ4v) is 1.57. The van der Waals surface area contributed by atoms with Crippen LogP contribution < -0.4 is 11.1 Å². The number of anilines is 3. The fraction of sp³-hybridized carbons (Fsp3) is 0.0769. The molecule has 2 aromatic carbocycles. The molecule has 0 saturated heterocycles. The van der Waals surface area contributed by atoms with E-state index >= 15 is 0 Å². The van der Waals surface area contributed by atoms with Gasteiger partial charge in [-0.1, -0.05) is 6.07 Å². The molecule has 0 aliphatic carbocycles. The molecule has 0 aliphatic rings. The normalized spacial score (nSPS) is 10.4. The largest absolute Gasteiger partial charge is 0.399 e. The molecule has 3 N–H and O–H groups in total. The van der Waals surface area contributed by atoms with Crippen LogP contribution in [0.15, 0.2) is 30.3 Å². The molecule has 2 nitrogen and oxygen atoms in total. The molecule has 5 heteroatoms. The van der Waals surface area contributed by atoms with Crippen molar-refractivity contribution in [3.63, 3.8) is 0 Å². The second-order valence-electron chi connectivity index (χ2n) is 3.95. The number of nitrogens with one attached hydrogen (secondary N) is 1. The van der Waals surface area contributed by atoms with Gasteiger partial charge in [-0.3, -0.25) is 0 Å². The average Bonchev–Trinajstić information content (AvgIpc) is 2.30. The minimum atomic E-state index is -1.24. The Morgan fingerprint density at radius 3 is 2.44 bits per heavy atom. The van der Waals surface area contributed by atoms with E-state index in [0.29, 0.717) is 17.4 Å². The van der Waals surface area contributed by atoms with Crippen molar-refractivity contribution in [3.05, 3.63) is 53.3 Å². The number of nitrogens with two attached hydrogens (primary N) is 1. The SMILES string of the molecule is Cc1ccc(N)cc1Nc1cc(F)cc(F)c1F. The molecule has 0 heterocycles. The molecule has 0 bridgehead atoms. The number of benzene rings is 2. The van der Waals surface area contributed by atoms with Crippen molar-refractivity contribution in [1.29, 1.82) is 0 Å². The van der Waals surface area contributed by atoms with Crippen LogP contribution in [0.5, 0.6) is 0 Å². The third kappa shape index (κ3) is 2.40. The lowest BCUT2D eigenvalue weighted by molar-refractivity contribution is 0.498. The van der Waals surface area contributed by atoms with E-state index in [0.717, 1.165) is 11.6 Å². The zero-order valence-corrected chi connectivity index (χ0v) is 9.60. The maximum absolute atomic E-state index is 13.5. The summed E-state index contributed by atoms with van der Waals surface area (Å²) in [6, 6.07) is 6.36. The van der Waals surface area contributed by atoms with E-state index in [-0.39, 0.29) is 5.69 Å². The minimum Gasteiger partial charge on any atom is -0.399 e. The van der Waals surface area contributed by atoms with Gasteiger partial charge in [0.2, 0.25) is 0 Å². The summed E-state index contributed by atoms with van der Waals surface area (Å²) >= 11 is 0. The lowest BCUT2D eigenvalue weighted by Crippen LogP contribution is -2.00. The van der Waals surface area contributed by atoms with Gasteiger partial charge >= 0.3 is 0 Å². The highest BCUT2D eigenvalue weighted by Crippen LogP contribution is 2.26. The predicted molar refractivity (Wildman–Crippen MR) is 65.2 cm³/mol. The zero-order valence-electron chi connectivity index (χ0n) is 9.60. The number of hydrogen-bond acceptors (Lipinski definition) is 2. The number of rotatable bonds is 2. The first kappa shape index (κ1) is 12.3. The van der Waals surface area contributed by atoms with Crippen molar-refractivity contribution >= 4 is 17.1 Å². The Kier molecular flexibility index (Phi) is 3.14. The van der Waals surface area contributed by atoms with Gasteiger partial charge in [0.25, 0.3) is 0 Å². The smallest absolute Gasteiger partial charge is 0.182 e. The minimum absolute atomic E-state index is 0.263. The van der Waals surface area contributed by atoms with Gasteiger partial charge in [-0.15, -0.1) is 0 Å². The van der Waals surface area contributed by atoms with Crippen LogP contribution in [0.3, 0.4) is 0 Å². The van der Waals surface area contributed by atoms with E-state index < -0.39 is 17.5 Å². The molecule has 18 heavy (non-hydrogen) atoms. The van der Waals surface area contributed by atoms with Crippen LogP contribution in [0.2, 0.25) is 0 Å². The molecule has 0 spiro atoms. The Labute approximate surface area is 102 Å². The topological polar surface area (TPSA) is 38.0 Å². The molecule has 2 aromatic rings. The van der Waals surface area contributed by atoms with E-state index in [1.807, 2.05) is 0 Å². The molecule has 0 aromatic heterocycles. The van der Waals surface area contributed by atoms with Crippen molar-refractivity contribution in [2.45, 2.75) is 6.92 Å². The third-order valence-corrected chi connectivity index (χ3v) is 2.52. The van der Waals surface area contributed by atoms with Crippen LogP contribution in [0, 0.1) is 24.4 Å². The first-order chi connectivity index (χ1) is 8.47. The van der Waals surface area contributed by atoms with Crippen LogP contribution in [0.25, 0.3) is 0 Å². The van der Waals surface area contributed by atoms with Crippen molar-refractivity contribution in [1.82, 2.24) is 0 Å². The van der Waals surface area contributed by atoms with Gasteiger partial charge in [-0.2, -0.15) is 0 Å². The Morgan fingerprint density at radius 2 is 1.72 bits per heavy atom. The van der Waals surface area contributed by atoms with E-state index in [4.69, 9.17) is 5.73 Å². The molecule has 0 unspecified atom stereocenters. The monoisotopic (exact) mass is 252 g/mol. The van der Waals surface area contributed by atoms with Crippen LogP contribution in [-0.4, -0.2) is 0 Å². The highest BCUT2D eigenvalue weighted by Gasteiger charge is 2.12. The number of nitrogen functional groups attached to an aromatic ring is 1. The molecule has 0 aliphatic heterocycles. The van der Waals surface area contributed by atoms with Gasteiger partial charge in [0.05, 0.1) is 5.69 Å². The van der Waals surface area contributed by atoms with Gasteiger partial charge in [0.15, 0.2) is 11.6 Å².